The Bertz CT molecular complexity index is 421. The first-order chi connectivity index (χ1) is 7.65. The van der Waals surface area contributed by atoms with Crippen LogP contribution in [-0.4, -0.2) is 36.5 Å². The Morgan fingerprint density at radius 3 is 3.06 bits per heavy atom. The van der Waals surface area contributed by atoms with Crippen molar-refractivity contribution in [2.75, 3.05) is 25.0 Å². The number of urea groups is 1. The quantitative estimate of drug-likeness (QED) is 0.800. The lowest BCUT2D eigenvalue weighted by Crippen LogP contribution is -2.51. The van der Waals surface area contributed by atoms with E-state index < -0.39 is 0 Å². The Hall–Kier alpha value is -1.27. The molecule has 7 heteroatoms. The third-order valence-corrected chi connectivity index (χ3v) is 3.24. The van der Waals surface area contributed by atoms with E-state index in [4.69, 9.17) is 11.6 Å². The van der Waals surface area contributed by atoms with Crippen LogP contribution in [0.2, 0.25) is 4.34 Å². The van der Waals surface area contributed by atoms with E-state index in [1.54, 1.807) is 11.4 Å². The number of thiophene rings is 1. The van der Waals surface area contributed by atoms with Gasteiger partial charge < -0.3 is 15.5 Å². The Morgan fingerprint density at radius 1 is 1.62 bits per heavy atom. The Morgan fingerprint density at radius 2 is 2.44 bits per heavy atom. The number of piperazine rings is 1. The van der Waals surface area contributed by atoms with Crippen molar-refractivity contribution in [3.8, 4) is 0 Å². The van der Waals surface area contributed by atoms with Gasteiger partial charge in [0, 0.05) is 18.5 Å². The van der Waals surface area contributed by atoms with Crippen LogP contribution in [-0.2, 0) is 4.79 Å². The number of hydrogen-bond donors (Lipinski definition) is 2. The number of carbonyl (C=O) groups is 2. The first-order valence-corrected chi connectivity index (χ1v) is 5.97. The van der Waals surface area contributed by atoms with Gasteiger partial charge in [0.15, 0.2) is 0 Å². The van der Waals surface area contributed by atoms with E-state index in [-0.39, 0.29) is 18.5 Å². The van der Waals surface area contributed by atoms with E-state index >= 15 is 0 Å². The van der Waals surface area contributed by atoms with Crippen molar-refractivity contribution in [3.05, 3.63) is 15.8 Å². The normalized spacial score (nSPS) is 15.8. The first-order valence-electron chi connectivity index (χ1n) is 4.72. The molecular formula is C9H10ClN3O2S. The van der Waals surface area contributed by atoms with Crippen molar-refractivity contribution in [3.63, 3.8) is 0 Å². The number of carbonyl (C=O) groups excluding carboxylic acids is 2. The topological polar surface area (TPSA) is 61.4 Å². The Kier molecular flexibility index (Phi) is 3.31. The Labute approximate surface area is 101 Å². The largest absolute Gasteiger partial charge is 0.353 e. The zero-order chi connectivity index (χ0) is 11.5. The number of rotatable bonds is 1. The van der Waals surface area contributed by atoms with Gasteiger partial charge in [-0.3, -0.25) is 4.79 Å². The van der Waals surface area contributed by atoms with Crippen LogP contribution in [0.3, 0.4) is 0 Å². The second-order valence-corrected chi connectivity index (χ2v) is 4.88. The van der Waals surface area contributed by atoms with Gasteiger partial charge in [-0.2, -0.15) is 0 Å². The van der Waals surface area contributed by atoms with Crippen LogP contribution in [0.1, 0.15) is 0 Å². The van der Waals surface area contributed by atoms with Crippen LogP contribution >= 0.6 is 22.9 Å². The molecule has 3 amide bonds. The molecule has 5 nitrogen and oxygen atoms in total. The average molecular weight is 260 g/mol. The molecule has 1 aliphatic rings. The molecule has 1 aromatic rings. The number of amides is 3. The molecule has 16 heavy (non-hydrogen) atoms. The zero-order valence-electron chi connectivity index (χ0n) is 8.33. The predicted octanol–water partition coefficient (Wildman–Crippen LogP) is 1.37. The van der Waals surface area contributed by atoms with Crippen LogP contribution in [0.4, 0.5) is 10.5 Å². The minimum Gasteiger partial charge on any atom is -0.353 e. The number of nitrogens with zero attached hydrogens (tertiary/aromatic N) is 1. The van der Waals surface area contributed by atoms with Crippen LogP contribution < -0.4 is 10.6 Å². The summed E-state index contributed by atoms with van der Waals surface area (Å²) in [7, 11) is 0. The fraction of sp³-hybridized carbons (Fsp3) is 0.333. The zero-order valence-corrected chi connectivity index (χ0v) is 9.90. The molecule has 0 radical (unpaired) electrons. The van der Waals surface area contributed by atoms with Crippen LogP contribution in [0.5, 0.6) is 0 Å². The first kappa shape index (κ1) is 11.2. The maximum atomic E-state index is 11.7. The van der Waals surface area contributed by atoms with Crippen LogP contribution in [0.25, 0.3) is 0 Å². The molecule has 2 N–H and O–H groups in total. The molecule has 2 rings (SSSR count). The Balaban J connectivity index is 1.94. The minimum atomic E-state index is -0.274. The second-order valence-electron chi connectivity index (χ2n) is 3.34. The van der Waals surface area contributed by atoms with Gasteiger partial charge in [0.25, 0.3) is 0 Å². The number of nitrogens with one attached hydrogen (secondary N) is 2. The van der Waals surface area contributed by atoms with Crippen LogP contribution in [0.15, 0.2) is 11.4 Å². The lowest BCUT2D eigenvalue weighted by Gasteiger charge is -2.26. The molecule has 86 valence electrons. The fourth-order valence-electron chi connectivity index (χ4n) is 1.39. The molecule has 2 heterocycles. The lowest BCUT2D eigenvalue weighted by atomic mass is 10.4. The van der Waals surface area contributed by atoms with Crippen molar-refractivity contribution in [2.45, 2.75) is 0 Å². The summed E-state index contributed by atoms with van der Waals surface area (Å²) < 4.78 is 0.617. The summed E-state index contributed by atoms with van der Waals surface area (Å²) in [4.78, 5) is 24.3. The molecule has 1 aromatic heterocycles. The lowest BCUT2D eigenvalue weighted by molar-refractivity contribution is -0.123. The predicted molar refractivity (Wildman–Crippen MR) is 62.9 cm³/mol. The summed E-state index contributed by atoms with van der Waals surface area (Å²) in [5.41, 5.74) is 0.658. The maximum Gasteiger partial charge on any atom is 0.322 e. The van der Waals surface area contributed by atoms with Crippen molar-refractivity contribution in [1.82, 2.24) is 10.2 Å². The molecule has 1 aliphatic heterocycles. The van der Waals surface area contributed by atoms with Crippen LogP contribution in [0, 0.1) is 0 Å². The summed E-state index contributed by atoms with van der Waals surface area (Å²) in [6.45, 7) is 1.12. The molecule has 0 unspecified atom stereocenters. The smallest absolute Gasteiger partial charge is 0.322 e. The standard InChI is InChI=1S/C9H10ClN3O2S/c10-7-3-6(5-16-7)12-9(15)13-2-1-11-8(14)4-13/h3,5H,1-2,4H2,(H,11,14)(H,12,15). The van der Waals surface area contributed by atoms with Gasteiger partial charge in [-0.05, 0) is 6.07 Å². The number of hydrogen-bond acceptors (Lipinski definition) is 3. The molecule has 0 aromatic carbocycles. The summed E-state index contributed by atoms with van der Waals surface area (Å²) in [6.07, 6.45) is 0. The van der Waals surface area contributed by atoms with Gasteiger partial charge in [-0.15, -0.1) is 11.3 Å². The molecule has 1 saturated heterocycles. The highest BCUT2D eigenvalue weighted by Gasteiger charge is 2.21. The summed E-state index contributed by atoms with van der Waals surface area (Å²) in [5.74, 6) is -0.134. The molecule has 1 fully saturated rings. The molecule has 0 saturated carbocycles. The van der Waals surface area contributed by atoms with Crippen molar-refractivity contribution >= 4 is 40.6 Å². The van der Waals surface area contributed by atoms with Crippen molar-refractivity contribution < 1.29 is 9.59 Å². The highest BCUT2D eigenvalue weighted by molar-refractivity contribution is 7.14. The summed E-state index contributed by atoms with van der Waals surface area (Å²) in [6, 6.07) is 1.40. The monoisotopic (exact) mass is 259 g/mol. The van der Waals surface area contributed by atoms with Gasteiger partial charge in [-0.25, -0.2) is 4.79 Å². The van der Waals surface area contributed by atoms with Gasteiger partial charge in [0.05, 0.1) is 10.0 Å². The third kappa shape index (κ3) is 2.65. The van der Waals surface area contributed by atoms with Gasteiger partial charge in [-0.1, -0.05) is 11.6 Å². The van der Waals surface area contributed by atoms with E-state index in [2.05, 4.69) is 10.6 Å². The summed E-state index contributed by atoms with van der Waals surface area (Å²) >= 11 is 7.09. The van der Waals surface area contributed by atoms with Crippen molar-refractivity contribution in [2.24, 2.45) is 0 Å². The minimum absolute atomic E-state index is 0.101. The van der Waals surface area contributed by atoms with E-state index in [9.17, 15) is 9.59 Å². The number of halogens is 1. The maximum absolute atomic E-state index is 11.7. The fourth-order valence-corrected chi connectivity index (χ4v) is 2.20. The van der Waals surface area contributed by atoms with E-state index in [1.807, 2.05) is 0 Å². The number of anilines is 1. The highest BCUT2D eigenvalue weighted by atomic mass is 35.5. The van der Waals surface area contributed by atoms with Crippen molar-refractivity contribution in [1.29, 1.82) is 0 Å². The molecule has 0 aliphatic carbocycles. The highest BCUT2D eigenvalue weighted by Crippen LogP contribution is 2.23. The molecule has 0 spiro atoms. The molecule has 0 bridgehead atoms. The third-order valence-electron chi connectivity index (χ3n) is 2.14. The van der Waals surface area contributed by atoms with Gasteiger partial charge >= 0.3 is 6.03 Å². The van der Waals surface area contributed by atoms with E-state index in [1.165, 1.54) is 16.2 Å². The summed E-state index contributed by atoms with van der Waals surface area (Å²) in [5, 5.41) is 7.10. The van der Waals surface area contributed by atoms with E-state index in [0.29, 0.717) is 23.1 Å². The van der Waals surface area contributed by atoms with Gasteiger partial charge in [0.1, 0.15) is 6.54 Å². The second kappa shape index (κ2) is 4.71. The molecular weight excluding hydrogens is 250 g/mol. The SMILES string of the molecule is O=C1CN(C(=O)Nc2csc(Cl)c2)CCN1. The average Bonchev–Trinajstić information content (AvgIpc) is 2.64. The van der Waals surface area contributed by atoms with Gasteiger partial charge in [0.2, 0.25) is 5.91 Å². The van der Waals surface area contributed by atoms with E-state index in [0.717, 1.165) is 0 Å². The molecule has 0 atom stereocenters.